The lowest BCUT2D eigenvalue weighted by molar-refractivity contribution is 0.0371. The molecule has 2 N–H and O–H groups in total. The minimum Gasteiger partial charge on any atom is -0.462 e. The Labute approximate surface area is 93.4 Å². The van der Waals surface area contributed by atoms with Gasteiger partial charge in [-0.25, -0.2) is 9.18 Å². The number of carbonyl (C=O) groups is 1. The molecular weight excluding hydrogens is 209 g/mol. The fourth-order valence-electron chi connectivity index (χ4n) is 1.61. The average Bonchev–Trinajstić information content (AvgIpc) is 2.19. The number of halogens is 1. The maximum Gasteiger partial charge on any atom is 0.338 e. The van der Waals surface area contributed by atoms with Gasteiger partial charge in [-0.1, -0.05) is 6.42 Å². The molecule has 16 heavy (non-hydrogen) atoms. The molecule has 0 bridgehead atoms. The van der Waals surface area contributed by atoms with Crippen molar-refractivity contribution in [3.8, 4) is 0 Å². The number of anilines is 1. The average molecular weight is 223 g/mol. The molecular formula is C12H14FNO2. The van der Waals surface area contributed by atoms with Crippen LogP contribution in [-0.4, -0.2) is 12.6 Å². The molecule has 1 fully saturated rings. The van der Waals surface area contributed by atoms with Crippen LogP contribution in [0.2, 0.25) is 0 Å². The molecule has 1 aliphatic carbocycles. The second kappa shape index (κ2) is 4.51. The van der Waals surface area contributed by atoms with Crippen LogP contribution < -0.4 is 5.73 Å². The molecule has 0 atom stereocenters. The Balaban J connectivity index is 1.94. The molecule has 0 unspecified atom stereocenters. The van der Waals surface area contributed by atoms with Crippen LogP contribution in [0.25, 0.3) is 0 Å². The number of hydrogen-bond acceptors (Lipinski definition) is 3. The van der Waals surface area contributed by atoms with E-state index in [1.807, 2.05) is 0 Å². The Bertz CT molecular complexity index is 402. The Morgan fingerprint density at radius 1 is 1.50 bits per heavy atom. The molecule has 0 radical (unpaired) electrons. The summed E-state index contributed by atoms with van der Waals surface area (Å²) in [4.78, 5) is 11.6. The van der Waals surface area contributed by atoms with Crippen molar-refractivity contribution in [2.45, 2.75) is 19.3 Å². The van der Waals surface area contributed by atoms with E-state index in [1.165, 1.54) is 24.6 Å². The van der Waals surface area contributed by atoms with Crippen molar-refractivity contribution in [2.24, 2.45) is 5.92 Å². The molecule has 0 aliphatic heterocycles. The normalized spacial score (nSPS) is 15.6. The molecule has 1 aliphatic rings. The van der Waals surface area contributed by atoms with Crippen molar-refractivity contribution in [1.29, 1.82) is 0 Å². The third kappa shape index (κ3) is 2.32. The van der Waals surface area contributed by atoms with E-state index in [9.17, 15) is 9.18 Å². The van der Waals surface area contributed by atoms with Gasteiger partial charge < -0.3 is 10.5 Å². The van der Waals surface area contributed by atoms with Gasteiger partial charge in [0, 0.05) is 0 Å². The zero-order chi connectivity index (χ0) is 11.5. The highest BCUT2D eigenvalue weighted by Gasteiger charge is 2.19. The second-order valence-corrected chi connectivity index (χ2v) is 4.13. The van der Waals surface area contributed by atoms with Gasteiger partial charge in [0.15, 0.2) is 0 Å². The lowest BCUT2D eigenvalue weighted by atomic mass is 9.86. The second-order valence-electron chi connectivity index (χ2n) is 4.13. The van der Waals surface area contributed by atoms with Crippen LogP contribution in [0.3, 0.4) is 0 Å². The molecule has 0 heterocycles. The van der Waals surface area contributed by atoms with Crippen LogP contribution in [0, 0.1) is 11.7 Å². The van der Waals surface area contributed by atoms with Gasteiger partial charge in [0.2, 0.25) is 0 Å². The number of carbonyl (C=O) groups excluding carboxylic acids is 1. The molecule has 0 amide bonds. The molecule has 4 heteroatoms. The summed E-state index contributed by atoms with van der Waals surface area (Å²) in [6.45, 7) is 0.454. The van der Waals surface area contributed by atoms with Gasteiger partial charge in [-0.15, -0.1) is 0 Å². The van der Waals surface area contributed by atoms with Crippen molar-refractivity contribution in [3.05, 3.63) is 29.6 Å². The monoisotopic (exact) mass is 223 g/mol. The number of esters is 1. The third-order valence-electron chi connectivity index (χ3n) is 2.91. The number of rotatable bonds is 3. The van der Waals surface area contributed by atoms with Crippen LogP contribution in [-0.2, 0) is 4.74 Å². The summed E-state index contributed by atoms with van der Waals surface area (Å²) >= 11 is 0. The van der Waals surface area contributed by atoms with Crippen LogP contribution in [0.15, 0.2) is 18.2 Å². The van der Waals surface area contributed by atoms with E-state index in [1.54, 1.807) is 0 Å². The molecule has 1 aromatic rings. The van der Waals surface area contributed by atoms with E-state index in [0.29, 0.717) is 18.1 Å². The fraction of sp³-hybridized carbons (Fsp3) is 0.417. The Hall–Kier alpha value is -1.58. The van der Waals surface area contributed by atoms with Gasteiger partial charge in [-0.3, -0.25) is 0 Å². The molecule has 86 valence electrons. The van der Waals surface area contributed by atoms with Gasteiger partial charge in [0.05, 0.1) is 17.9 Å². The largest absolute Gasteiger partial charge is 0.462 e. The summed E-state index contributed by atoms with van der Waals surface area (Å²) in [6.07, 6.45) is 3.46. The highest BCUT2D eigenvalue weighted by molar-refractivity contribution is 5.90. The first kappa shape index (κ1) is 10.9. The number of nitrogen functional groups attached to an aromatic ring is 1. The van der Waals surface area contributed by atoms with E-state index in [2.05, 4.69) is 0 Å². The van der Waals surface area contributed by atoms with Crippen LogP contribution in [0.4, 0.5) is 10.1 Å². The Morgan fingerprint density at radius 2 is 2.25 bits per heavy atom. The smallest absolute Gasteiger partial charge is 0.338 e. The topological polar surface area (TPSA) is 52.3 Å². The molecule has 1 saturated carbocycles. The first-order valence-corrected chi connectivity index (χ1v) is 5.39. The van der Waals surface area contributed by atoms with Crippen molar-refractivity contribution in [3.63, 3.8) is 0 Å². The van der Waals surface area contributed by atoms with E-state index >= 15 is 0 Å². The highest BCUT2D eigenvalue weighted by Crippen LogP contribution is 2.26. The first-order chi connectivity index (χ1) is 7.66. The molecule has 1 aromatic carbocycles. The van der Waals surface area contributed by atoms with Crippen LogP contribution >= 0.6 is 0 Å². The van der Waals surface area contributed by atoms with E-state index in [0.717, 1.165) is 12.8 Å². The first-order valence-electron chi connectivity index (χ1n) is 5.39. The standard InChI is InChI=1S/C12H14FNO2/c13-10-5-4-9(6-11(10)14)12(15)16-7-8-2-1-3-8/h4-6,8H,1-3,7,14H2. The van der Waals surface area contributed by atoms with Gasteiger partial charge >= 0.3 is 5.97 Å². The lowest BCUT2D eigenvalue weighted by Crippen LogP contribution is -2.20. The van der Waals surface area contributed by atoms with Crippen LogP contribution in [0.5, 0.6) is 0 Å². The van der Waals surface area contributed by atoms with Crippen LogP contribution in [0.1, 0.15) is 29.6 Å². The number of ether oxygens (including phenoxy) is 1. The minimum atomic E-state index is -0.518. The van der Waals surface area contributed by atoms with E-state index < -0.39 is 11.8 Å². The minimum absolute atomic E-state index is 0.0295. The zero-order valence-electron chi connectivity index (χ0n) is 8.91. The Kier molecular flexibility index (Phi) is 3.08. The SMILES string of the molecule is Nc1cc(C(=O)OCC2CCC2)ccc1F. The van der Waals surface area contributed by atoms with Gasteiger partial charge in [-0.05, 0) is 37.0 Å². The number of hydrogen-bond donors (Lipinski definition) is 1. The number of benzene rings is 1. The lowest BCUT2D eigenvalue weighted by Gasteiger charge is -2.24. The maximum atomic E-state index is 12.9. The predicted molar refractivity (Wildman–Crippen MR) is 58.4 cm³/mol. The highest BCUT2D eigenvalue weighted by atomic mass is 19.1. The Morgan fingerprint density at radius 3 is 2.81 bits per heavy atom. The van der Waals surface area contributed by atoms with Gasteiger partial charge in [0.1, 0.15) is 5.82 Å². The molecule has 0 saturated heterocycles. The maximum absolute atomic E-state index is 12.9. The van der Waals surface area contributed by atoms with Crippen molar-refractivity contribution in [2.75, 3.05) is 12.3 Å². The third-order valence-corrected chi connectivity index (χ3v) is 2.91. The molecule has 0 spiro atoms. The predicted octanol–water partition coefficient (Wildman–Crippen LogP) is 2.36. The zero-order valence-corrected chi connectivity index (χ0v) is 8.91. The van der Waals surface area contributed by atoms with Gasteiger partial charge in [-0.2, -0.15) is 0 Å². The molecule has 3 nitrogen and oxygen atoms in total. The summed E-state index contributed by atoms with van der Waals surface area (Å²) in [7, 11) is 0. The van der Waals surface area contributed by atoms with Crippen molar-refractivity contribution >= 4 is 11.7 Å². The van der Waals surface area contributed by atoms with E-state index in [4.69, 9.17) is 10.5 Å². The van der Waals surface area contributed by atoms with E-state index in [-0.39, 0.29) is 5.69 Å². The summed E-state index contributed by atoms with van der Waals surface area (Å²) < 4.78 is 18.0. The fourth-order valence-corrected chi connectivity index (χ4v) is 1.61. The van der Waals surface area contributed by atoms with Gasteiger partial charge in [0.25, 0.3) is 0 Å². The number of nitrogens with two attached hydrogens (primary N) is 1. The summed E-state index contributed by atoms with van der Waals surface area (Å²) in [5, 5.41) is 0. The quantitative estimate of drug-likeness (QED) is 0.632. The van der Waals surface area contributed by atoms with Crippen molar-refractivity contribution in [1.82, 2.24) is 0 Å². The summed E-state index contributed by atoms with van der Waals surface area (Å²) in [5.74, 6) is -0.448. The molecule has 2 rings (SSSR count). The molecule has 0 aromatic heterocycles. The summed E-state index contributed by atoms with van der Waals surface area (Å²) in [6, 6.07) is 3.86. The van der Waals surface area contributed by atoms with Crippen molar-refractivity contribution < 1.29 is 13.9 Å². The summed E-state index contributed by atoms with van der Waals surface area (Å²) in [5.41, 5.74) is 5.64.